The first-order valence-electron chi connectivity index (χ1n) is 7.71. The predicted molar refractivity (Wildman–Crippen MR) is 106 cm³/mol. The van der Waals surface area contributed by atoms with E-state index < -0.39 is 10.0 Å². The molecule has 3 nitrogen and oxygen atoms in total. The number of rotatable bonds is 4. The van der Waals surface area contributed by atoms with E-state index in [1.807, 2.05) is 25.1 Å². The Hall–Kier alpha value is -1.82. The normalized spacial score (nSPS) is 11.5. The van der Waals surface area contributed by atoms with Crippen LogP contribution in [0.2, 0.25) is 5.02 Å². The second-order valence-electron chi connectivity index (χ2n) is 5.84. The van der Waals surface area contributed by atoms with Crippen LogP contribution >= 0.6 is 22.9 Å². The van der Waals surface area contributed by atoms with Gasteiger partial charge in [-0.3, -0.25) is 4.31 Å². The second-order valence-corrected chi connectivity index (χ2v) is 9.53. The number of sulfonamides is 1. The molecule has 0 atom stereocenters. The van der Waals surface area contributed by atoms with Crippen LogP contribution in [0.15, 0.2) is 59.5 Å². The molecule has 130 valence electrons. The van der Waals surface area contributed by atoms with E-state index in [0.29, 0.717) is 10.7 Å². The zero-order chi connectivity index (χ0) is 18.2. The minimum atomic E-state index is -3.65. The molecule has 0 aliphatic heterocycles. The molecule has 0 N–H and O–H groups in total. The molecule has 0 aliphatic carbocycles. The number of benzene rings is 2. The van der Waals surface area contributed by atoms with Gasteiger partial charge >= 0.3 is 0 Å². The van der Waals surface area contributed by atoms with Gasteiger partial charge in [0.05, 0.1) is 10.6 Å². The van der Waals surface area contributed by atoms with Crippen molar-refractivity contribution in [1.82, 2.24) is 0 Å². The van der Waals surface area contributed by atoms with Crippen molar-refractivity contribution < 1.29 is 8.42 Å². The van der Waals surface area contributed by atoms with Crippen molar-refractivity contribution in [3.63, 3.8) is 0 Å². The Morgan fingerprint density at radius 1 is 0.960 bits per heavy atom. The van der Waals surface area contributed by atoms with Gasteiger partial charge in [0.25, 0.3) is 10.0 Å². The average molecular weight is 392 g/mol. The summed E-state index contributed by atoms with van der Waals surface area (Å²) >= 11 is 7.56. The third kappa shape index (κ3) is 3.59. The molecule has 0 bridgehead atoms. The maximum absolute atomic E-state index is 12.9. The third-order valence-corrected chi connectivity index (χ3v) is 7.13. The van der Waals surface area contributed by atoms with Crippen LogP contribution in [0, 0.1) is 13.8 Å². The second kappa shape index (κ2) is 6.83. The van der Waals surface area contributed by atoms with Gasteiger partial charge in [0.15, 0.2) is 0 Å². The van der Waals surface area contributed by atoms with Crippen molar-refractivity contribution in [2.24, 2.45) is 0 Å². The monoisotopic (exact) mass is 391 g/mol. The standard InChI is InChI=1S/C19H18ClNO2S2/c1-13-4-6-15(19-11-5-14(2)24-19)12-18(13)21(3)25(22,23)17-9-7-16(20)8-10-17/h4-12H,1-3H3. The lowest BCUT2D eigenvalue weighted by molar-refractivity contribution is 0.594. The molecule has 6 heteroatoms. The van der Waals surface area contributed by atoms with E-state index in [0.717, 1.165) is 16.0 Å². The molecule has 0 radical (unpaired) electrons. The van der Waals surface area contributed by atoms with Crippen LogP contribution in [0.4, 0.5) is 5.69 Å². The number of thiophene rings is 1. The maximum atomic E-state index is 12.9. The molecule has 1 heterocycles. The number of anilines is 1. The summed E-state index contributed by atoms with van der Waals surface area (Å²) in [6.07, 6.45) is 0. The molecule has 0 unspecified atom stereocenters. The van der Waals surface area contributed by atoms with E-state index in [-0.39, 0.29) is 4.90 Å². The molecular formula is C19H18ClNO2S2. The van der Waals surface area contributed by atoms with Gasteiger partial charge in [0.1, 0.15) is 0 Å². The van der Waals surface area contributed by atoms with Gasteiger partial charge in [-0.2, -0.15) is 0 Å². The minimum absolute atomic E-state index is 0.219. The smallest absolute Gasteiger partial charge is 0.264 e. The summed E-state index contributed by atoms with van der Waals surface area (Å²) in [7, 11) is -2.07. The number of halogens is 1. The SMILES string of the molecule is Cc1ccc(-c2ccc(C)c(N(C)S(=O)(=O)c3ccc(Cl)cc3)c2)s1. The highest BCUT2D eigenvalue weighted by atomic mass is 35.5. The largest absolute Gasteiger partial charge is 0.269 e. The van der Waals surface area contributed by atoms with Crippen molar-refractivity contribution in [2.75, 3.05) is 11.4 Å². The first-order chi connectivity index (χ1) is 11.8. The van der Waals surface area contributed by atoms with Crippen molar-refractivity contribution >= 4 is 38.6 Å². The van der Waals surface area contributed by atoms with Crippen molar-refractivity contribution in [1.29, 1.82) is 0 Å². The fourth-order valence-electron chi connectivity index (χ4n) is 2.59. The summed E-state index contributed by atoms with van der Waals surface area (Å²) in [5.74, 6) is 0. The summed E-state index contributed by atoms with van der Waals surface area (Å²) in [6, 6.07) is 16.2. The van der Waals surface area contributed by atoms with Crippen molar-refractivity contribution in [3.05, 3.63) is 70.1 Å². The van der Waals surface area contributed by atoms with Crippen LogP contribution in [-0.4, -0.2) is 15.5 Å². The zero-order valence-corrected chi connectivity index (χ0v) is 16.5. The van der Waals surface area contributed by atoms with Gasteiger partial charge in [-0.05, 0) is 67.4 Å². The van der Waals surface area contributed by atoms with E-state index in [2.05, 4.69) is 19.1 Å². The zero-order valence-electron chi connectivity index (χ0n) is 14.2. The Bertz CT molecular complexity index is 1010. The van der Waals surface area contributed by atoms with E-state index in [4.69, 9.17) is 11.6 Å². The molecule has 25 heavy (non-hydrogen) atoms. The average Bonchev–Trinajstić information content (AvgIpc) is 3.01. The van der Waals surface area contributed by atoms with Crippen molar-refractivity contribution in [3.8, 4) is 10.4 Å². The first kappa shape index (κ1) is 18.0. The summed E-state index contributed by atoms with van der Waals surface area (Å²) < 4.78 is 27.2. The molecule has 0 saturated carbocycles. The van der Waals surface area contributed by atoms with Crippen LogP contribution in [0.5, 0.6) is 0 Å². The highest BCUT2D eigenvalue weighted by Gasteiger charge is 2.23. The molecule has 2 aromatic carbocycles. The predicted octanol–water partition coefficient (Wildman–Crippen LogP) is 5.51. The number of hydrogen-bond acceptors (Lipinski definition) is 3. The highest BCUT2D eigenvalue weighted by Crippen LogP contribution is 2.33. The molecule has 0 saturated heterocycles. The summed E-state index contributed by atoms with van der Waals surface area (Å²) in [4.78, 5) is 2.56. The summed E-state index contributed by atoms with van der Waals surface area (Å²) in [5.41, 5.74) is 2.58. The van der Waals surface area contributed by atoms with Crippen LogP contribution in [0.1, 0.15) is 10.4 Å². The van der Waals surface area contributed by atoms with Crippen LogP contribution in [0.25, 0.3) is 10.4 Å². The van der Waals surface area contributed by atoms with E-state index in [9.17, 15) is 8.42 Å². The van der Waals surface area contributed by atoms with Gasteiger partial charge in [-0.15, -0.1) is 11.3 Å². The molecule has 1 aromatic heterocycles. The van der Waals surface area contributed by atoms with Gasteiger partial charge in [-0.25, -0.2) is 8.42 Å². The fourth-order valence-corrected chi connectivity index (χ4v) is 4.83. The molecule has 3 rings (SSSR count). The van der Waals surface area contributed by atoms with Crippen LogP contribution in [-0.2, 0) is 10.0 Å². The van der Waals surface area contributed by atoms with E-state index >= 15 is 0 Å². The van der Waals surface area contributed by atoms with Gasteiger partial charge < -0.3 is 0 Å². The summed E-state index contributed by atoms with van der Waals surface area (Å²) in [5, 5.41) is 0.507. The number of nitrogens with zero attached hydrogens (tertiary/aromatic N) is 1. The Morgan fingerprint density at radius 2 is 1.64 bits per heavy atom. The molecule has 0 amide bonds. The minimum Gasteiger partial charge on any atom is -0.269 e. The van der Waals surface area contributed by atoms with Crippen molar-refractivity contribution in [2.45, 2.75) is 18.7 Å². The Labute approximate surface area is 157 Å². The highest BCUT2D eigenvalue weighted by molar-refractivity contribution is 7.92. The molecule has 0 fully saturated rings. The third-order valence-electron chi connectivity index (χ3n) is 4.05. The van der Waals surface area contributed by atoms with Gasteiger partial charge in [-0.1, -0.05) is 23.7 Å². The Morgan fingerprint density at radius 3 is 2.24 bits per heavy atom. The molecular weight excluding hydrogens is 374 g/mol. The van der Waals surface area contributed by atoms with E-state index in [1.165, 1.54) is 21.3 Å². The number of aryl methyl sites for hydroxylation is 2. The lowest BCUT2D eigenvalue weighted by atomic mass is 10.1. The maximum Gasteiger partial charge on any atom is 0.264 e. The fraction of sp³-hybridized carbons (Fsp3) is 0.158. The van der Waals surface area contributed by atoms with Gasteiger partial charge in [0, 0.05) is 21.8 Å². The molecule has 3 aromatic rings. The van der Waals surface area contributed by atoms with Crippen LogP contribution in [0.3, 0.4) is 0 Å². The topological polar surface area (TPSA) is 37.4 Å². The Balaban J connectivity index is 2.04. The quantitative estimate of drug-likeness (QED) is 0.588. The lowest BCUT2D eigenvalue weighted by Gasteiger charge is -2.22. The first-order valence-corrected chi connectivity index (χ1v) is 10.3. The number of hydrogen-bond donors (Lipinski definition) is 0. The lowest BCUT2D eigenvalue weighted by Crippen LogP contribution is -2.27. The van der Waals surface area contributed by atoms with E-state index in [1.54, 1.807) is 30.5 Å². The van der Waals surface area contributed by atoms with Gasteiger partial charge in [0.2, 0.25) is 0 Å². The summed E-state index contributed by atoms with van der Waals surface area (Å²) in [6.45, 7) is 3.97. The Kier molecular flexibility index (Phi) is 4.91. The molecule has 0 aliphatic rings. The molecule has 0 spiro atoms. The van der Waals surface area contributed by atoms with Crippen LogP contribution < -0.4 is 4.31 Å².